The number of carbonyl (C=O) groups is 1. The Morgan fingerprint density at radius 1 is 1.46 bits per heavy atom. The van der Waals surface area contributed by atoms with Gasteiger partial charge in [-0.05, 0) is 37.9 Å². The number of rotatable bonds is 7. The summed E-state index contributed by atoms with van der Waals surface area (Å²) in [6.45, 7) is 2.60. The Bertz CT molecular complexity index is 542. The smallest absolute Gasteiger partial charge is 0.319 e. The molecule has 1 aromatic carbocycles. The summed E-state index contributed by atoms with van der Waals surface area (Å²) in [7, 11) is 1.38. The molecule has 0 spiro atoms. The molecule has 2 amide bonds. The molecule has 1 aliphatic heterocycles. The summed E-state index contributed by atoms with van der Waals surface area (Å²) in [6, 6.07) is 4.09. The summed E-state index contributed by atoms with van der Waals surface area (Å²) in [4.78, 5) is 14.1. The van der Waals surface area contributed by atoms with Crippen LogP contribution < -0.4 is 15.4 Å². The predicted molar refractivity (Wildman–Crippen MR) is 90.9 cm³/mol. The van der Waals surface area contributed by atoms with Crippen molar-refractivity contribution in [2.45, 2.75) is 31.7 Å². The molecule has 0 bridgehead atoms. The number of ether oxygens (including phenoxy) is 1. The lowest BCUT2D eigenvalue weighted by atomic mass is 10.0. The van der Waals surface area contributed by atoms with E-state index in [0.29, 0.717) is 12.2 Å². The fourth-order valence-corrected chi connectivity index (χ4v) is 2.96. The normalized spacial score (nSPS) is 18.2. The Kier molecular flexibility index (Phi) is 7.27. The molecule has 3 N–H and O–H groups in total. The van der Waals surface area contributed by atoms with Gasteiger partial charge in [-0.2, -0.15) is 0 Å². The molecule has 1 fully saturated rings. The first-order chi connectivity index (χ1) is 11.6. The molecule has 2 rings (SSSR count). The molecule has 0 radical (unpaired) electrons. The summed E-state index contributed by atoms with van der Waals surface area (Å²) < 4.78 is 18.2. The van der Waals surface area contributed by atoms with Gasteiger partial charge >= 0.3 is 6.03 Å². The lowest BCUT2D eigenvalue weighted by molar-refractivity contribution is 0.0894. The first-order valence-electron chi connectivity index (χ1n) is 8.37. The van der Waals surface area contributed by atoms with Crippen LogP contribution in [0.3, 0.4) is 0 Å². The maximum Gasteiger partial charge on any atom is 0.319 e. The second-order valence-electron chi connectivity index (χ2n) is 5.95. The summed E-state index contributed by atoms with van der Waals surface area (Å²) in [5, 5.41) is 14.8. The second kappa shape index (κ2) is 9.44. The van der Waals surface area contributed by atoms with Crippen molar-refractivity contribution in [2.75, 3.05) is 38.7 Å². The maximum atomic E-state index is 13.3. The average Bonchev–Trinajstić information content (AvgIpc) is 2.60. The molecule has 1 heterocycles. The molecule has 1 atom stereocenters. The molecule has 24 heavy (non-hydrogen) atoms. The zero-order valence-electron chi connectivity index (χ0n) is 14.1. The maximum absolute atomic E-state index is 13.3. The van der Waals surface area contributed by atoms with E-state index in [4.69, 9.17) is 4.74 Å². The van der Waals surface area contributed by atoms with Crippen molar-refractivity contribution in [3.8, 4) is 5.75 Å². The van der Waals surface area contributed by atoms with E-state index < -0.39 is 5.82 Å². The number of benzene rings is 1. The monoisotopic (exact) mass is 339 g/mol. The third kappa shape index (κ3) is 5.35. The molecule has 6 nitrogen and oxygen atoms in total. The molecule has 1 aliphatic rings. The van der Waals surface area contributed by atoms with Gasteiger partial charge in [0.2, 0.25) is 0 Å². The summed E-state index contributed by atoms with van der Waals surface area (Å²) in [5.41, 5.74) is 0.474. The van der Waals surface area contributed by atoms with E-state index in [9.17, 15) is 14.3 Å². The third-order valence-corrected chi connectivity index (χ3v) is 4.28. The first kappa shape index (κ1) is 18.5. The van der Waals surface area contributed by atoms with Crippen LogP contribution in [0.4, 0.5) is 14.9 Å². The Morgan fingerprint density at radius 2 is 2.29 bits per heavy atom. The number of urea groups is 1. The van der Waals surface area contributed by atoms with E-state index in [2.05, 4.69) is 15.5 Å². The number of likely N-dealkylation sites (tertiary alicyclic amines) is 1. The van der Waals surface area contributed by atoms with E-state index in [1.807, 2.05) is 0 Å². The molecular formula is C17H26FN3O3. The number of amides is 2. The lowest BCUT2D eigenvalue weighted by Crippen LogP contribution is -2.43. The standard InChI is InChI=1S/C17H26FN3O3/c1-24-16-11-13(6-7-15(16)18)20-17(23)19-8-4-10-21-9-3-2-5-14(21)12-22/h6-7,11,14,22H,2-5,8-10,12H2,1H3,(H2,19,20,23)/t14-/m1/s1. The number of piperidine rings is 1. The van der Waals surface area contributed by atoms with Crippen molar-refractivity contribution >= 4 is 11.7 Å². The molecule has 134 valence electrons. The van der Waals surface area contributed by atoms with Gasteiger partial charge in [0.15, 0.2) is 11.6 Å². The Balaban J connectivity index is 1.69. The van der Waals surface area contributed by atoms with Crippen molar-refractivity contribution in [1.82, 2.24) is 10.2 Å². The summed E-state index contributed by atoms with van der Waals surface area (Å²) in [6.07, 6.45) is 4.19. The third-order valence-electron chi connectivity index (χ3n) is 4.28. The van der Waals surface area contributed by atoms with Gasteiger partial charge in [0, 0.05) is 30.9 Å². The molecule has 1 aromatic rings. The van der Waals surface area contributed by atoms with Gasteiger partial charge in [-0.3, -0.25) is 4.90 Å². The van der Waals surface area contributed by atoms with Gasteiger partial charge in [0.25, 0.3) is 0 Å². The van der Waals surface area contributed by atoms with Gasteiger partial charge in [0.05, 0.1) is 13.7 Å². The number of aliphatic hydroxyl groups excluding tert-OH is 1. The van der Waals surface area contributed by atoms with E-state index in [1.54, 1.807) is 0 Å². The summed E-state index contributed by atoms with van der Waals surface area (Å²) in [5.74, 6) is -0.378. The van der Waals surface area contributed by atoms with Crippen molar-refractivity contribution in [3.63, 3.8) is 0 Å². The highest BCUT2D eigenvalue weighted by molar-refractivity contribution is 5.89. The van der Waals surface area contributed by atoms with Crippen molar-refractivity contribution < 1.29 is 19.0 Å². The van der Waals surface area contributed by atoms with Crippen LogP contribution in [0.25, 0.3) is 0 Å². The number of hydrogen-bond acceptors (Lipinski definition) is 4. The van der Waals surface area contributed by atoms with Crippen LogP contribution in [-0.2, 0) is 0 Å². The lowest BCUT2D eigenvalue weighted by Gasteiger charge is -2.34. The number of carbonyl (C=O) groups excluding carboxylic acids is 1. The zero-order chi connectivity index (χ0) is 17.4. The van der Waals surface area contributed by atoms with Crippen LogP contribution in [0.15, 0.2) is 18.2 Å². The van der Waals surface area contributed by atoms with Crippen molar-refractivity contribution in [3.05, 3.63) is 24.0 Å². The highest BCUT2D eigenvalue weighted by Gasteiger charge is 2.20. The highest BCUT2D eigenvalue weighted by Crippen LogP contribution is 2.21. The van der Waals surface area contributed by atoms with Gasteiger partial charge in [-0.15, -0.1) is 0 Å². The fraction of sp³-hybridized carbons (Fsp3) is 0.588. The molecule has 0 aliphatic carbocycles. The number of nitrogens with one attached hydrogen (secondary N) is 2. The topological polar surface area (TPSA) is 73.8 Å². The van der Waals surface area contributed by atoms with Crippen molar-refractivity contribution in [1.29, 1.82) is 0 Å². The minimum atomic E-state index is -0.469. The largest absolute Gasteiger partial charge is 0.494 e. The predicted octanol–water partition coefficient (Wildman–Crippen LogP) is 2.19. The molecule has 0 saturated carbocycles. The van der Waals surface area contributed by atoms with Gasteiger partial charge < -0.3 is 20.5 Å². The van der Waals surface area contributed by atoms with Gasteiger partial charge in [-0.25, -0.2) is 9.18 Å². The summed E-state index contributed by atoms with van der Waals surface area (Å²) >= 11 is 0. The van der Waals surface area contributed by atoms with Gasteiger partial charge in [0.1, 0.15) is 0 Å². The van der Waals surface area contributed by atoms with Crippen LogP contribution in [0.5, 0.6) is 5.75 Å². The van der Waals surface area contributed by atoms with Crippen LogP contribution in [0, 0.1) is 5.82 Å². The number of anilines is 1. The Hall–Kier alpha value is -1.86. The van der Waals surface area contributed by atoms with E-state index in [1.165, 1.54) is 31.7 Å². The Labute approximate surface area is 142 Å². The molecule has 0 unspecified atom stereocenters. The number of halogens is 1. The second-order valence-corrected chi connectivity index (χ2v) is 5.95. The molecule has 7 heteroatoms. The highest BCUT2D eigenvalue weighted by atomic mass is 19.1. The molecule has 0 aromatic heterocycles. The van der Waals surface area contributed by atoms with Crippen LogP contribution in [0.1, 0.15) is 25.7 Å². The zero-order valence-corrected chi connectivity index (χ0v) is 14.1. The van der Waals surface area contributed by atoms with Crippen LogP contribution in [0.2, 0.25) is 0 Å². The minimum absolute atomic E-state index is 0.0907. The molecular weight excluding hydrogens is 313 g/mol. The molecule has 1 saturated heterocycles. The fourth-order valence-electron chi connectivity index (χ4n) is 2.96. The van der Waals surface area contributed by atoms with E-state index >= 15 is 0 Å². The van der Waals surface area contributed by atoms with Crippen LogP contribution in [-0.4, -0.2) is 55.4 Å². The van der Waals surface area contributed by atoms with E-state index in [-0.39, 0.29) is 24.4 Å². The quantitative estimate of drug-likeness (QED) is 0.666. The number of methoxy groups -OCH3 is 1. The number of hydrogen-bond donors (Lipinski definition) is 3. The average molecular weight is 339 g/mol. The Morgan fingerprint density at radius 3 is 3.04 bits per heavy atom. The van der Waals surface area contributed by atoms with Gasteiger partial charge in [-0.1, -0.05) is 6.42 Å². The van der Waals surface area contributed by atoms with Crippen molar-refractivity contribution in [2.24, 2.45) is 0 Å². The van der Waals surface area contributed by atoms with Crippen LogP contribution >= 0.6 is 0 Å². The minimum Gasteiger partial charge on any atom is -0.494 e. The number of aliphatic hydroxyl groups is 1. The van der Waals surface area contributed by atoms with E-state index in [0.717, 1.165) is 32.4 Å². The first-order valence-corrected chi connectivity index (χ1v) is 8.37. The number of nitrogens with zero attached hydrogens (tertiary/aromatic N) is 1. The SMILES string of the molecule is COc1cc(NC(=O)NCCCN2CCCC[C@@H]2CO)ccc1F.